The average Bonchev–Trinajstić information content (AvgIpc) is 2.27. The summed E-state index contributed by atoms with van der Waals surface area (Å²) in [5.74, 6) is 0. The van der Waals surface area contributed by atoms with Crippen LogP contribution in [0.4, 0.5) is 0 Å². The molecule has 0 atom stereocenters. The first kappa shape index (κ1) is 14.9. The van der Waals surface area contributed by atoms with E-state index in [-0.39, 0.29) is 5.41 Å². The number of piperidine rings is 1. The lowest BCUT2D eigenvalue weighted by atomic mass is 9.89. The lowest BCUT2D eigenvalue weighted by Crippen LogP contribution is -2.47. The summed E-state index contributed by atoms with van der Waals surface area (Å²) in [4.78, 5) is 2.55. The van der Waals surface area contributed by atoms with Crippen molar-refractivity contribution < 1.29 is 5.11 Å². The molecule has 0 spiro atoms. The number of hydrogen-bond acceptors (Lipinski definition) is 3. The second-order valence-corrected chi connectivity index (χ2v) is 6.42. The third-order valence-corrected chi connectivity index (χ3v) is 3.92. The van der Waals surface area contributed by atoms with E-state index < -0.39 is 0 Å². The highest BCUT2D eigenvalue weighted by Crippen LogP contribution is 2.20. The zero-order valence-electron chi connectivity index (χ0n) is 12.0. The first-order valence-corrected chi connectivity index (χ1v) is 7.03. The predicted octanol–water partition coefficient (Wildman–Crippen LogP) is 1.86. The van der Waals surface area contributed by atoms with E-state index in [2.05, 4.69) is 37.9 Å². The normalized spacial score (nSPS) is 20.1. The van der Waals surface area contributed by atoms with Gasteiger partial charge in [-0.3, -0.25) is 0 Å². The second kappa shape index (κ2) is 6.72. The largest absolute Gasteiger partial charge is 0.396 e. The minimum atomic E-state index is 0.212. The summed E-state index contributed by atoms with van der Waals surface area (Å²) in [5, 5.41) is 12.7. The Kier molecular flexibility index (Phi) is 5.90. The van der Waals surface area contributed by atoms with Crippen molar-refractivity contribution in [2.45, 2.75) is 59.0 Å². The number of aliphatic hydroxyl groups excluding tert-OH is 1. The van der Waals surface area contributed by atoms with Gasteiger partial charge in [-0.05, 0) is 51.6 Å². The summed E-state index contributed by atoms with van der Waals surface area (Å²) < 4.78 is 0. The third kappa shape index (κ3) is 5.36. The maximum Gasteiger partial charge on any atom is 0.0436 e. The van der Waals surface area contributed by atoms with Crippen LogP contribution >= 0.6 is 0 Å². The maximum absolute atomic E-state index is 9.00. The van der Waals surface area contributed by atoms with Crippen LogP contribution in [0.25, 0.3) is 0 Å². The monoisotopic (exact) mass is 242 g/mol. The van der Waals surface area contributed by atoms with E-state index in [0.29, 0.717) is 18.7 Å². The second-order valence-electron chi connectivity index (χ2n) is 6.42. The van der Waals surface area contributed by atoms with Gasteiger partial charge in [0.25, 0.3) is 0 Å². The first-order chi connectivity index (χ1) is 7.94. The highest BCUT2D eigenvalue weighted by atomic mass is 16.3. The van der Waals surface area contributed by atoms with Crippen molar-refractivity contribution in [2.24, 2.45) is 5.41 Å². The molecule has 0 bridgehead atoms. The van der Waals surface area contributed by atoms with Gasteiger partial charge in [0.05, 0.1) is 0 Å². The molecule has 102 valence electrons. The Hall–Kier alpha value is -0.120. The lowest BCUT2D eigenvalue weighted by Gasteiger charge is -2.36. The summed E-state index contributed by atoms with van der Waals surface area (Å²) in [7, 11) is 0. The van der Waals surface area contributed by atoms with Crippen LogP contribution < -0.4 is 5.32 Å². The van der Waals surface area contributed by atoms with E-state index in [0.717, 1.165) is 13.0 Å². The van der Waals surface area contributed by atoms with E-state index in [4.69, 9.17) is 5.11 Å². The van der Waals surface area contributed by atoms with Gasteiger partial charge < -0.3 is 15.3 Å². The molecule has 0 aliphatic carbocycles. The van der Waals surface area contributed by atoms with Crippen LogP contribution in [0.1, 0.15) is 47.0 Å². The number of hydrogen-bond donors (Lipinski definition) is 2. The smallest absolute Gasteiger partial charge is 0.0436 e. The SMILES string of the molecule is CC(C)N1CCC(NCC(C)(C)CCO)CC1. The number of rotatable bonds is 6. The number of likely N-dealkylation sites (tertiary alicyclic amines) is 1. The van der Waals surface area contributed by atoms with Crippen LogP contribution in [0, 0.1) is 5.41 Å². The molecule has 0 saturated carbocycles. The van der Waals surface area contributed by atoms with Gasteiger partial charge in [0, 0.05) is 25.2 Å². The van der Waals surface area contributed by atoms with Gasteiger partial charge in [-0.25, -0.2) is 0 Å². The van der Waals surface area contributed by atoms with Crippen LogP contribution in [-0.2, 0) is 0 Å². The molecule has 0 aromatic rings. The number of nitrogens with one attached hydrogen (secondary N) is 1. The standard InChI is InChI=1S/C14H30N2O/c1-12(2)16-8-5-13(6-9-16)15-11-14(3,4)7-10-17/h12-13,15,17H,5-11H2,1-4H3. The van der Waals surface area contributed by atoms with Crippen molar-refractivity contribution in [3.05, 3.63) is 0 Å². The topological polar surface area (TPSA) is 35.5 Å². The molecule has 3 heteroatoms. The minimum absolute atomic E-state index is 0.212. The molecule has 1 aliphatic rings. The average molecular weight is 242 g/mol. The molecule has 0 aromatic carbocycles. The molecule has 1 fully saturated rings. The molecule has 2 N–H and O–H groups in total. The van der Waals surface area contributed by atoms with Crippen molar-refractivity contribution in [3.63, 3.8) is 0 Å². The summed E-state index contributed by atoms with van der Waals surface area (Å²) in [6.07, 6.45) is 3.39. The Bertz CT molecular complexity index is 208. The first-order valence-electron chi connectivity index (χ1n) is 7.03. The van der Waals surface area contributed by atoms with Crippen molar-refractivity contribution in [1.29, 1.82) is 0 Å². The molecule has 1 saturated heterocycles. The van der Waals surface area contributed by atoms with Gasteiger partial charge >= 0.3 is 0 Å². The van der Waals surface area contributed by atoms with Crippen LogP contribution in [0.3, 0.4) is 0 Å². The summed E-state index contributed by atoms with van der Waals surface area (Å²) >= 11 is 0. The van der Waals surface area contributed by atoms with E-state index in [1.165, 1.54) is 25.9 Å². The molecular weight excluding hydrogens is 212 g/mol. The lowest BCUT2D eigenvalue weighted by molar-refractivity contribution is 0.149. The fourth-order valence-electron chi connectivity index (χ4n) is 2.43. The van der Waals surface area contributed by atoms with Crippen LogP contribution in [0.15, 0.2) is 0 Å². The Labute approximate surface area is 107 Å². The minimum Gasteiger partial charge on any atom is -0.396 e. The molecule has 1 heterocycles. The fraction of sp³-hybridized carbons (Fsp3) is 1.00. The third-order valence-electron chi connectivity index (χ3n) is 3.92. The summed E-state index contributed by atoms with van der Waals surface area (Å²) in [6.45, 7) is 12.7. The number of nitrogens with zero attached hydrogens (tertiary/aromatic N) is 1. The predicted molar refractivity (Wildman–Crippen MR) is 73.2 cm³/mol. The molecule has 0 aromatic heterocycles. The fourth-order valence-corrected chi connectivity index (χ4v) is 2.43. The molecule has 1 aliphatic heterocycles. The Morgan fingerprint density at radius 3 is 2.35 bits per heavy atom. The summed E-state index contributed by atoms with van der Waals surface area (Å²) in [5.41, 5.74) is 0.212. The Balaban J connectivity index is 2.22. The van der Waals surface area contributed by atoms with Gasteiger partial charge in [0.2, 0.25) is 0 Å². The van der Waals surface area contributed by atoms with E-state index in [9.17, 15) is 0 Å². The van der Waals surface area contributed by atoms with Gasteiger partial charge in [0.15, 0.2) is 0 Å². The molecule has 17 heavy (non-hydrogen) atoms. The molecule has 1 rings (SSSR count). The molecule has 0 amide bonds. The Morgan fingerprint density at radius 2 is 1.88 bits per heavy atom. The highest BCUT2D eigenvalue weighted by Gasteiger charge is 2.23. The zero-order valence-corrected chi connectivity index (χ0v) is 12.0. The Morgan fingerprint density at radius 1 is 1.29 bits per heavy atom. The van der Waals surface area contributed by atoms with Gasteiger partial charge in [-0.15, -0.1) is 0 Å². The van der Waals surface area contributed by atoms with Crippen molar-refractivity contribution >= 4 is 0 Å². The van der Waals surface area contributed by atoms with E-state index >= 15 is 0 Å². The molecule has 3 nitrogen and oxygen atoms in total. The number of aliphatic hydroxyl groups is 1. The molecular formula is C14H30N2O. The van der Waals surface area contributed by atoms with Crippen molar-refractivity contribution in [2.75, 3.05) is 26.2 Å². The van der Waals surface area contributed by atoms with E-state index in [1.54, 1.807) is 0 Å². The van der Waals surface area contributed by atoms with Crippen molar-refractivity contribution in [3.8, 4) is 0 Å². The quantitative estimate of drug-likeness (QED) is 0.746. The highest BCUT2D eigenvalue weighted by molar-refractivity contribution is 4.81. The van der Waals surface area contributed by atoms with Gasteiger partial charge in [0.1, 0.15) is 0 Å². The zero-order chi connectivity index (χ0) is 12.9. The van der Waals surface area contributed by atoms with Crippen LogP contribution in [0.2, 0.25) is 0 Å². The van der Waals surface area contributed by atoms with Gasteiger partial charge in [-0.2, -0.15) is 0 Å². The summed E-state index contributed by atoms with van der Waals surface area (Å²) in [6, 6.07) is 1.35. The van der Waals surface area contributed by atoms with Gasteiger partial charge in [-0.1, -0.05) is 13.8 Å². The molecule has 0 radical (unpaired) electrons. The van der Waals surface area contributed by atoms with Crippen LogP contribution in [-0.4, -0.2) is 48.3 Å². The van der Waals surface area contributed by atoms with E-state index in [1.807, 2.05) is 0 Å². The van der Waals surface area contributed by atoms with Crippen molar-refractivity contribution in [1.82, 2.24) is 10.2 Å². The maximum atomic E-state index is 9.00. The van der Waals surface area contributed by atoms with Crippen LogP contribution in [0.5, 0.6) is 0 Å². The molecule has 0 unspecified atom stereocenters.